The van der Waals surface area contributed by atoms with Crippen LogP contribution in [0.1, 0.15) is 54.9 Å². The molecule has 0 radical (unpaired) electrons. The minimum Gasteiger partial charge on any atom is -0.480 e. The van der Waals surface area contributed by atoms with Crippen molar-refractivity contribution in [1.29, 1.82) is 0 Å². The van der Waals surface area contributed by atoms with Crippen LogP contribution < -0.4 is 5.32 Å². The average Bonchev–Trinajstić information content (AvgIpc) is 3.04. The van der Waals surface area contributed by atoms with Gasteiger partial charge in [0.15, 0.2) is 0 Å². The van der Waals surface area contributed by atoms with Crippen molar-refractivity contribution in [2.75, 3.05) is 13.1 Å². The molecule has 2 rings (SSSR count). The summed E-state index contributed by atoms with van der Waals surface area (Å²) in [6.07, 6.45) is 4.62. The quantitative estimate of drug-likeness (QED) is 0.773. The molecule has 0 bridgehead atoms. The molecule has 23 heavy (non-hydrogen) atoms. The third-order valence-electron chi connectivity index (χ3n) is 4.24. The lowest BCUT2D eigenvalue weighted by Gasteiger charge is -2.16. The summed E-state index contributed by atoms with van der Waals surface area (Å²) < 4.78 is 0. The summed E-state index contributed by atoms with van der Waals surface area (Å²) in [5.41, 5.74) is 1.63. The van der Waals surface area contributed by atoms with Crippen molar-refractivity contribution < 1.29 is 14.7 Å². The number of rotatable bonds is 8. The summed E-state index contributed by atoms with van der Waals surface area (Å²) in [5.74, 6) is -1.28. The van der Waals surface area contributed by atoms with Crippen LogP contribution in [0.3, 0.4) is 0 Å². The number of benzene rings is 1. The van der Waals surface area contributed by atoms with Gasteiger partial charge in [0.1, 0.15) is 6.04 Å². The van der Waals surface area contributed by atoms with Gasteiger partial charge < -0.3 is 10.4 Å². The van der Waals surface area contributed by atoms with E-state index >= 15 is 0 Å². The van der Waals surface area contributed by atoms with Gasteiger partial charge in [-0.15, -0.1) is 0 Å². The average molecular weight is 318 g/mol. The molecule has 5 nitrogen and oxygen atoms in total. The van der Waals surface area contributed by atoms with E-state index in [-0.39, 0.29) is 5.91 Å². The Morgan fingerprint density at radius 3 is 2.70 bits per heavy atom. The maximum Gasteiger partial charge on any atom is 0.326 e. The minimum atomic E-state index is -0.972. The Morgan fingerprint density at radius 2 is 2.04 bits per heavy atom. The molecule has 1 atom stereocenters. The fourth-order valence-corrected chi connectivity index (χ4v) is 2.92. The van der Waals surface area contributed by atoms with Crippen LogP contribution >= 0.6 is 0 Å². The highest BCUT2D eigenvalue weighted by Gasteiger charge is 2.20. The van der Waals surface area contributed by atoms with Crippen LogP contribution in [-0.2, 0) is 11.3 Å². The van der Waals surface area contributed by atoms with E-state index in [1.165, 1.54) is 12.8 Å². The highest BCUT2D eigenvalue weighted by Crippen LogP contribution is 2.14. The zero-order valence-electron chi connectivity index (χ0n) is 13.8. The van der Waals surface area contributed by atoms with E-state index in [2.05, 4.69) is 10.2 Å². The molecule has 1 aromatic carbocycles. The van der Waals surface area contributed by atoms with Crippen molar-refractivity contribution in [3.8, 4) is 0 Å². The Balaban J connectivity index is 1.98. The van der Waals surface area contributed by atoms with Crippen molar-refractivity contribution in [3.05, 3.63) is 35.4 Å². The Morgan fingerprint density at radius 1 is 1.30 bits per heavy atom. The Bertz CT molecular complexity index is 539. The summed E-state index contributed by atoms with van der Waals surface area (Å²) in [5, 5.41) is 11.9. The highest BCUT2D eigenvalue weighted by atomic mass is 16.4. The number of nitrogens with one attached hydrogen (secondary N) is 1. The van der Waals surface area contributed by atoms with Gasteiger partial charge >= 0.3 is 5.97 Å². The monoisotopic (exact) mass is 318 g/mol. The van der Waals surface area contributed by atoms with Gasteiger partial charge in [-0.3, -0.25) is 9.69 Å². The molecular formula is C18H26N2O3. The van der Waals surface area contributed by atoms with Gasteiger partial charge in [0, 0.05) is 12.1 Å². The smallest absolute Gasteiger partial charge is 0.326 e. The number of aliphatic carboxylic acids is 1. The molecule has 126 valence electrons. The van der Waals surface area contributed by atoms with E-state index in [1.54, 1.807) is 6.07 Å². The third-order valence-corrected chi connectivity index (χ3v) is 4.24. The first-order valence-corrected chi connectivity index (χ1v) is 8.45. The molecule has 5 heteroatoms. The molecule has 0 spiro atoms. The molecule has 2 N–H and O–H groups in total. The molecule has 0 saturated carbocycles. The number of hydrogen-bond donors (Lipinski definition) is 2. The summed E-state index contributed by atoms with van der Waals surface area (Å²) >= 11 is 0. The summed E-state index contributed by atoms with van der Waals surface area (Å²) in [6, 6.07) is 6.67. The van der Waals surface area contributed by atoms with Crippen LogP contribution in [0.2, 0.25) is 0 Å². The normalized spacial score (nSPS) is 16.2. The summed E-state index contributed by atoms with van der Waals surface area (Å²) in [7, 11) is 0. The minimum absolute atomic E-state index is 0.309. The highest BCUT2D eigenvalue weighted by molar-refractivity contribution is 5.96. The van der Waals surface area contributed by atoms with Crippen molar-refractivity contribution in [2.45, 2.75) is 51.6 Å². The molecule has 1 fully saturated rings. The standard InChI is InChI=1S/C18H26N2O3/c1-2-3-9-16(18(22)23)19-17(21)15-8-6-7-14(12-15)13-20-10-4-5-11-20/h6-8,12,16H,2-5,9-11,13H2,1H3,(H,19,21)(H,22,23)/t16-/m0/s1. The molecule has 1 aliphatic rings. The second kappa shape index (κ2) is 8.67. The van der Waals surface area contributed by atoms with Crippen LogP contribution in [0.15, 0.2) is 24.3 Å². The van der Waals surface area contributed by atoms with Crippen LogP contribution in [0.4, 0.5) is 0 Å². The van der Waals surface area contributed by atoms with Crippen molar-refractivity contribution >= 4 is 11.9 Å². The maximum absolute atomic E-state index is 12.3. The Kier molecular flexibility index (Phi) is 6.59. The van der Waals surface area contributed by atoms with Gasteiger partial charge in [-0.05, 0) is 50.0 Å². The van der Waals surface area contributed by atoms with E-state index in [9.17, 15) is 14.7 Å². The summed E-state index contributed by atoms with van der Waals surface area (Å²) in [6.45, 7) is 5.06. The van der Waals surface area contributed by atoms with Gasteiger partial charge in [-0.1, -0.05) is 31.9 Å². The van der Waals surface area contributed by atoms with Crippen LogP contribution in [-0.4, -0.2) is 41.0 Å². The first-order valence-electron chi connectivity index (χ1n) is 8.45. The number of nitrogens with zero attached hydrogens (tertiary/aromatic N) is 1. The predicted molar refractivity (Wildman–Crippen MR) is 89.4 cm³/mol. The second-order valence-electron chi connectivity index (χ2n) is 6.19. The first kappa shape index (κ1) is 17.5. The van der Waals surface area contributed by atoms with E-state index in [0.29, 0.717) is 12.0 Å². The van der Waals surface area contributed by atoms with Crippen molar-refractivity contribution in [3.63, 3.8) is 0 Å². The number of unbranched alkanes of at least 4 members (excludes halogenated alkanes) is 1. The number of carboxylic acid groups (broad SMARTS) is 1. The number of amides is 1. The molecule has 0 aliphatic carbocycles. The van der Waals surface area contributed by atoms with Crippen LogP contribution in [0, 0.1) is 0 Å². The van der Waals surface area contributed by atoms with E-state index in [4.69, 9.17) is 0 Å². The molecule has 1 heterocycles. The van der Waals surface area contributed by atoms with Gasteiger partial charge in [0.05, 0.1) is 0 Å². The number of hydrogen-bond acceptors (Lipinski definition) is 3. The van der Waals surface area contributed by atoms with Gasteiger partial charge in [0.25, 0.3) is 5.91 Å². The maximum atomic E-state index is 12.3. The first-order chi connectivity index (χ1) is 11.1. The third kappa shape index (κ3) is 5.36. The molecule has 1 aliphatic heterocycles. The van der Waals surface area contributed by atoms with Crippen LogP contribution in [0.25, 0.3) is 0 Å². The largest absolute Gasteiger partial charge is 0.480 e. The lowest BCUT2D eigenvalue weighted by molar-refractivity contribution is -0.139. The van der Waals surface area contributed by atoms with Gasteiger partial charge in [0.2, 0.25) is 0 Å². The molecule has 1 aromatic rings. The number of carboxylic acids is 1. The van der Waals surface area contributed by atoms with Crippen LogP contribution in [0.5, 0.6) is 0 Å². The van der Waals surface area contributed by atoms with Gasteiger partial charge in [-0.2, -0.15) is 0 Å². The van der Waals surface area contributed by atoms with Crippen molar-refractivity contribution in [2.24, 2.45) is 0 Å². The Labute approximate surface area is 137 Å². The Hall–Kier alpha value is -1.88. The molecule has 0 aromatic heterocycles. The number of carbonyl (C=O) groups is 2. The lowest BCUT2D eigenvalue weighted by atomic mass is 10.1. The number of likely N-dealkylation sites (tertiary alicyclic amines) is 1. The summed E-state index contributed by atoms with van der Waals surface area (Å²) in [4.78, 5) is 25.9. The lowest BCUT2D eigenvalue weighted by Crippen LogP contribution is -2.40. The van der Waals surface area contributed by atoms with E-state index in [0.717, 1.165) is 38.0 Å². The fourth-order valence-electron chi connectivity index (χ4n) is 2.92. The zero-order chi connectivity index (χ0) is 16.7. The molecule has 1 amide bonds. The zero-order valence-corrected chi connectivity index (χ0v) is 13.8. The second-order valence-corrected chi connectivity index (χ2v) is 6.19. The molecule has 0 unspecified atom stereocenters. The number of carbonyl (C=O) groups excluding carboxylic acids is 1. The van der Waals surface area contributed by atoms with Crippen molar-refractivity contribution in [1.82, 2.24) is 10.2 Å². The molecular weight excluding hydrogens is 292 g/mol. The molecule has 1 saturated heterocycles. The van der Waals surface area contributed by atoms with E-state index < -0.39 is 12.0 Å². The topological polar surface area (TPSA) is 69.6 Å². The van der Waals surface area contributed by atoms with Gasteiger partial charge in [-0.25, -0.2) is 4.79 Å². The van der Waals surface area contributed by atoms with E-state index in [1.807, 2.05) is 25.1 Å². The predicted octanol–water partition coefficient (Wildman–Crippen LogP) is 2.66. The SMILES string of the molecule is CCCC[C@H](NC(=O)c1cccc(CN2CCCC2)c1)C(=O)O. The fraction of sp³-hybridized carbons (Fsp3) is 0.556.